The van der Waals surface area contributed by atoms with Gasteiger partial charge in [-0.2, -0.15) is 0 Å². The van der Waals surface area contributed by atoms with Crippen molar-refractivity contribution in [1.82, 2.24) is 4.98 Å². The summed E-state index contributed by atoms with van der Waals surface area (Å²) >= 11 is 7.31. The molecule has 0 bridgehead atoms. The molecule has 0 aliphatic carbocycles. The van der Waals surface area contributed by atoms with E-state index in [-0.39, 0.29) is 28.7 Å². The smallest absolute Gasteiger partial charge is 0.341 e. The van der Waals surface area contributed by atoms with E-state index >= 15 is 0 Å². The highest BCUT2D eigenvalue weighted by Crippen LogP contribution is 2.28. The molecule has 0 atom stereocenters. The van der Waals surface area contributed by atoms with Crippen molar-refractivity contribution in [1.29, 1.82) is 0 Å². The lowest BCUT2D eigenvalue weighted by molar-refractivity contribution is -0.139. The number of amides is 1. The fraction of sp³-hybridized carbons (Fsp3) is 0.179. The first kappa shape index (κ1) is 29.1. The van der Waals surface area contributed by atoms with Gasteiger partial charge in [-0.15, -0.1) is 11.3 Å². The van der Waals surface area contributed by atoms with Crippen LogP contribution in [0, 0.1) is 0 Å². The Morgan fingerprint density at radius 3 is 2.55 bits per heavy atom. The molecule has 0 radical (unpaired) electrons. The van der Waals surface area contributed by atoms with E-state index in [9.17, 15) is 18.0 Å². The number of ether oxygens (including phenoxy) is 2. The molecule has 1 amide bonds. The minimum Gasteiger partial charge on any atom is -0.486 e. The second-order valence-corrected chi connectivity index (χ2v) is 12.1. The van der Waals surface area contributed by atoms with Crippen molar-refractivity contribution in [2.24, 2.45) is 0 Å². The number of carbonyl (C=O) groups excluding carboxylic acids is 1. The number of nitrogens with one attached hydrogen (secondary N) is 1. The number of rotatable bonds is 13. The van der Waals surface area contributed by atoms with Gasteiger partial charge < -0.3 is 19.9 Å². The number of aromatic nitrogens is 1. The molecule has 40 heavy (non-hydrogen) atoms. The maximum atomic E-state index is 13.1. The monoisotopic (exact) mass is 600 g/mol. The Morgan fingerprint density at radius 1 is 1.02 bits per heavy atom. The molecule has 0 saturated heterocycles. The molecule has 0 fully saturated rings. The standard InChI is InChI=1S/C28H25ClN2O7S2/c29-21-7-9-23(10-8-21)40(35,36)14-2-3-19-6-11-25(38-18-27(32)33)24(15-19)31-28(34)20-4-1-5-22(16-20)37-17-26-30-12-13-39-26/h1,4-13,15-16H,2-3,14,17-18H2,(H,31,34)(H,32,33). The van der Waals surface area contributed by atoms with Crippen molar-refractivity contribution in [2.75, 3.05) is 17.7 Å². The largest absolute Gasteiger partial charge is 0.486 e. The van der Waals surface area contributed by atoms with Crippen LogP contribution in [0.4, 0.5) is 5.69 Å². The second kappa shape index (κ2) is 13.4. The molecular formula is C28H25ClN2O7S2. The van der Waals surface area contributed by atoms with Gasteiger partial charge in [-0.1, -0.05) is 23.7 Å². The van der Waals surface area contributed by atoms with Gasteiger partial charge in [0.25, 0.3) is 5.91 Å². The Balaban J connectivity index is 1.45. The van der Waals surface area contributed by atoms with Crippen LogP contribution in [0.5, 0.6) is 11.5 Å². The molecule has 12 heteroatoms. The number of nitrogens with zero attached hydrogens (tertiary/aromatic N) is 1. The van der Waals surface area contributed by atoms with Crippen LogP contribution < -0.4 is 14.8 Å². The first-order valence-corrected chi connectivity index (χ1v) is 15.0. The van der Waals surface area contributed by atoms with Crippen molar-refractivity contribution in [2.45, 2.75) is 24.3 Å². The highest BCUT2D eigenvalue weighted by molar-refractivity contribution is 7.91. The summed E-state index contributed by atoms with van der Waals surface area (Å²) in [5.74, 6) is -1.05. The number of anilines is 1. The van der Waals surface area contributed by atoms with E-state index in [0.29, 0.717) is 29.2 Å². The van der Waals surface area contributed by atoms with Crippen LogP contribution in [0.15, 0.2) is 83.2 Å². The normalized spacial score (nSPS) is 11.1. The van der Waals surface area contributed by atoms with Gasteiger partial charge in [0.05, 0.1) is 16.3 Å². The molecule has 4 rings (SSSR count). The molecule has 0 spiro atoms. The van der Waals surface area contributed by atoms with Crippen molar-refractivity contribution in [3.05, 3.63) is 99.5 Å². The number of aliphatic carboxylic acids is 1. The molecule has 9 nitrogen and oxygen atoms in total. The van der Waals surface area contributed by atoms with E-state index in [2.05, 4.69) is 10.3 Å². The minimum atomic E-state index is -3.50. The fourth-order valence-electron chi connectivity index (χ4n) is 3.71. The molecule has 2 N–H and O–H groups in total. The van der Waals surface area contributed by atoms with E-state index in [1.165, 1.54) is 35.6 Å². The third-order valence-corrected chi connectivity index (χ3v) is 8.46. The van der Waals surface area contributed by atoms with Crippen molar-refractivity contribution < 1.29 is 32.6 Å². The summed E-state index contributed by atoms with van der Waals surface area (Å²) in [7, 11) is -3.50. The number of carboxylic acid groups (broad SMARTS) is 1. The number of halogens is 1. The molecule has 0 saturated carbocycles. The summed E-state index contributed by atoms with van der Waals surface area (Å²) in [6.07, 6.45) is 2.41. The average Bonchev–Trinajstić information content (AvgIpc) is 3.45. The SMILES string of the molecule is O=C(O)COc1ccc(CCCS(=O)(=O)c2ccc(Cl)cc2)cc1NC(=O)c1cccc(OCc2nccs2)c1. The van der Waals surface area contributed by atoms with Gasteiger partial charge in [0.15, 0.2) is 16.4 Å². The summed E-state index contributed by atoms with van der Waals surface area (Å²) in [6, 6.07) is 17.5. The van der Waals surface area contributed by atoms with Gasteiger partial charge >= 0.3 is 5.97 Å². The van der Waals surface area contributed by atoms with Crippen LogP contribution in [0.2, 0.25) is 5.02 Å². The number of carboxylic acids is 1. The van der Waals surface area contributed by atoms with Crippen molar-refractivity contribution in [3.63, 3.8) is 0 Å². The zero-order valence-electron chi connectivity index (χ0n) is 21.1. The summed E-state index contributed by atoms with van der Waals surface area (Å²) in [5, 5.41) is 14.9. The summed E-state index contributed by atoms with van der Waals surface area (Å²) in [4.78, 5) is 28.5. The van der Waals surface area contributed by atoms with E-state index in [0.717, 1.165) is 10.6 Å². The van der Waals surface area contributed by atoms with Crippen LogP contribution in [-0.4, -0.2) is 42.7 Å². The predicted octanol–water partition coefficient (Wildman–Crippen LogP) is 5.50. The average molecular weight is 601 g/mol. The molecule has 1 heterocycles. The molecule has 4 aromatic rings. The number of benzene rings is 3. The van der Waals surface area contributed by atoms with Gasteiger partial charge in [-0.25, -0.2) is 18.2 Å². The zero-order chi connectivity index (χ0) is 28.5. The molecule has 1 aromatic heterocycles. The lowest BCUT2D eigenvalue weighted by Gasteiger charge is -2.14. The highest BCUT2D eigenvalue weighted by atomic mass is 35.5. The van der Waals surface area contributed by atoms with Gasteiger partial charge in [-0.3, -0.25) is 4.79 Å². The minimum absolute atomic E-state index is 0.0820. The molecule has 3 aromatic carbocycles. The number of hydrogen-bond acceptors (Lipinski definition) is 8. The second-order valence-electron chi connectivity index (χ2n) is 8.59. The Morgan fingerprint density at radius 2 is 1.82 bits per heavy atom. The van der Waals surface area contributed by atoms with E-state index in [1.54, 1.807) is 48.7 Å². The maximum absolute atomic E-state index is 13.1. The molecule has 0 aliphatic heterocycles. The topological polar surface area (TPSA) is 132 Å². The zero-order valence-corrected chi connectivity index (χ0v) is 23.5. The van der Waals surface area contributed by atoms with E-state index in [1.807, 2.05) is 5.38 Å². The quantitative estimate of drug-likeness (QED) is 0.206. The van der Waals surface area contributed by atoms with Gasteiger partial charge in [0.2, 0.25) is 0 Å². The predicted molar refractivity (Wildman–Crippen MR) is 152 cm³/mol. The number of hydrogen-bond donors (Lipinski definition) is 2. The molecule has 0 aliphatic rings. The van der Waals surface area contributed by atoms with Crippen LogP contribution >= 0.6 is 22.9 Å². The van der Waals surface area contributed by atoms with Crippen LogP contribution in [0.3, 0.4) is 0 Å². The van der Waals surface area contributed by atoms with E-state index < -0.39 is 28.3 Å². The Labute approximate surface area is 240 Å². The molecule has 0 unspecified atom stereocenters. The molecule has 208 valence electrons. The fourth-order valence-corrected chi connectivity index (χ4v) is 5.68. The third kappa shape index (κ3) is 8.28. The number of thiazole rings is 1. The van der Waals surface area contributed by atoms with Crippen LogP contribution in [0.25, 0.3) is 0 Å². The van der Waals surface area contributed by atoms with Gasteiger partial charge in [-0.05, 0) is 73.0 Å². The first-order chi connectivity index (χ1) is 19.2. The van der Waals surface area contributed by atoms with Crippen LogP contribution in [0.1, 0.15) is 27.3 Å². The van der Waals surface area contributed by atoms with Crippen LogP contribution in [-0.2, 0) is 27.7 Å². The summed E-state index contributed by atoms with van der Waals surface area (Å²) in [5.41, 5.74) is 1.32. The molecular weight excluding hydrogens is 576 g/mol. The number of sulfone groups is 1. The van der Waals surface area contributed by atoms with Gasteiger partial charge in [0, 0.05) is 22.2 Å². The van der Waals surface area contributed by atoms with Gasteiger partial charge in [0.1, 0.15) is 23.1 Å². The highest BCUT2D eigenvalue weighted by Gasteiger charge is 2.16. The Kier molecular flexibility index (Phi) is 9.75. The first-order valence-electron chi connectivity index (χ1n) is 12.1. The third-order valence-electron chi connectivity index (χ3n) is 5.64. The maximum Gasteiger partial charge on any atom is 0.341 e. The van der Waals surface area contributed by atoms with E-state index in [4.69, 9.17) is 26.2 Å². The summed E-state index contributed by atoms with van der Waals surface area (Å²) in [6.45, 7) is -0.326. The Bertz CT molecular complexity index is 1570. The number of carbonyl (C=O) groups is 2. The lowest BCUT2D eigenvalue weighted by Crippen LogP contribution is -2.15. The van der Waals surface area contributed by atoms with Crippen molar-refractivity contribution in [3.8, 4) is 11.5 Å². The summed E-state index contributed by atoms with van der Waals surface area (Å²) < 4.78 is 36.4. The van der Waals surface area contributed by atoms with Crippen molar-refractivity contribution >= 4 is 50.3 Å². The number of aryl methyl sites for hydroxylation is 1. The Hall–Kier alpha value is -3.93. The lowest BCUT2D eigenvalue weighted by atomic mass is 10.1.